The quantitative estimate of drug-likeness (QED) is 0.650. The van der Waals surface area contributed by atoms with E-state index < -0.39 is 0 Å². The lowest BCUT2D eigenvalue weighted by molar-refractivity contribution is 0.138. The Hall–Kier alpha value is 0.310. The van der Waals surface area contributed by atoms with Crippen molar-refractivity contribution < 1.29 is 5.11 Å². The van der Waals surface area contributed by atoms with Gasteiger partial charge in [-0.15, -0.1) is 0 Å². The van der Waals surface area contributed by atoms with Crippen molar-refractivity contribution in [2.75, 3.05) is 5.75 Å². The van der Waals surface area contributed by atoms with Crippen molar-refractivity contribution in [1.82, 2.24) is 0 Å². The molecular formula is C10H22OS. The van der Waals surface area contributed by atoms with Crippen LogP contribution in [0.3, 0.4) is 0 Å². The second kappa shape index (κ2) is 5.87. The van der Waals surface area contributed by atoms with Crippen molar-refractivity contribution in [3.63, 3.8) is 0 Å². The number of unbranched alkanes of at least 4 members (excludes halogenated alkanes) is 1. The Morgan fingerprint density at radius 3 is 2.33 bits per heavy atom. The van der Waals surface area contributed by atoms with E-state index in [-0.39, 0.29) is 10.9 Å². The summed E-state index contributed by atoms with van der Waals surface area (Å²) in [5.74, 6) is 1.17. The van der Waals surface area contributed by atoms with E-state index in [4.69, 9.17) is 0 Å². The molecule has 0 amide bonds. The first kappa shape index (κ1) is 12.3. The summed E-state index contributed by atoms with van der Waals surface area (Å²) in [7, 11) is 0. The molecule has 74 valence electrons. The van der Waals surface area contributed by atoms with Gasteiger partial charge in [0.2, 0.25) is 0 Å². The number of rotatable bonds is 6. The van der Waals surface area contributed by atoms with Gasteiger partial charge in [-0.2, -0.15) is 11.8 Å². The van der Waals surface area contributed by atoms with Gasteiger partial charge in [-0.05, 0) is 32.4 Å². The van der Waals surface area contributed by atoms with Gasteiger partial charge in [0.1, 0.15) is 0 Å². The maximum absolute atomic E-state index is 9.66. The van der Waals surface area contributed by atoms with Crippen LogP contribution in [0.25, 0.3) is 0 Å². The molecule has 0 fully saturated rings. The molecule has 1 N–H and O–H groups in total. The predicted molar refractivity (Wildman–Crippen MR) is 57.7 cm³/mol. The van der Waals surface area contributed by atoms with Gasteiger partial charge in [0, 0.05) is 4.75 Å². The van der Waals surface area contributed by atoms with E-state index in [0.717, 1.165) is 6.42 Å². The van der Waals surface area contributed by atoms with Crippen LogP contribution >= 0.6 is 11.8 Å². The number of hydrogen-bond acceptors (Lipinski definition) is 2. The van der Waals surface area contributed by atoms with Crippen molar-refractivity contribution >= 4 is 11.8 Å². The van der Waals surface area contributed by atoms with Gasteiger partial charge >= 0.3 is 0 Å². The van der Waals surface area contributed by atoms with E-state index in [9.17, 15) is 5.11 Å². The number of aliphatic hydroxyl groups excluding tert-OH is 1. The topological polar surface area (TPSA) is 20.2 Å². The minimum Gasteiger partial charge on any atom is -0.392 e. The highest BCUT2D eigenvalue weighted by Gasteiger charge is 2.26. The van der Waals surface area contributed by atoms with E-state index in [1.54, 1.807) is 0 Å². The summed E-state index contributed by atoms with van der Waals surface area (Å²) in [6.45, 7) is 8.49. The van der Waals surface area contributed by atoms with Gasteiger partial charge in [-0.25, -0.2) is 0 Å². The summed E-state index contributed by atoms with van der Waals surface area (Å²) in [4.78, 5) is 0. The Morgan fingerprint density at radius 2 is 1.92 bits per heavy atom. The molecule has 0 saturated carbocycles. The Kier molecular flexibility index (Phi) is 6.02. The molecule has 0 bridgehead atoms. The first-order valence-electron chi connectivity index (χ1n) is 4.86. The summed E-state index contributed by atoms with van der Waals surface area (Å²) >= 11 is 1.89. The molecule has 0 aliphatic rings. The fourth-order valence-electron chi connectivity index (χ4n) is 1.07. The Labute approximate surface area is 80.9 Å². The number of thioether (sulfide) groups is 1. The van der Waals surface area contributed by atoms with Gasteiger partial charge in [0.15, 0.2) is 0 Å². The molecule has 0 aliphatic heterocycles. The van der Waals surface area contributed by atoms with Crippen LogP contribution in [0.5, 0.6) is 0 Å². The predicted octanol–water partition coefficient (Wildman–Crippen LogP) is 3.07. The smallest absolute Gasteiger partial charge is 0.0678 e. The van der Waals surface area contributed by atoms with Gasteiger partial charge < -0.3 is 5.11 Å². The number of hydrogen-bond donors (Lipinski definition) is 1. The first-order chi connectivity index (χ1) is 5.54. The van der Waals surface area contributed by atoms with Crippen LogP contribution in [0.2, 0.25) is 0 Å². The molecule has 0 radical (unpaired) electrons. The molecule has 0 aromatic rings. The van der Waals surface area contributed by atoms with Crippen molar-refractivity contribution in [1.29, 1.82) is 0 Å². The average molecular weight is 190 g/mol. The highest BCUT2D eigenvalue weighted by atomic mass is 32.2. The second-order valence-electron chi connectivity index (χ2n) is 3.73. The molecule has 0 aliphatic carbocycles. The summed E-state index contributed by atoms with van der Waals surface area (Å²) in [6.07, 6.45) is 3.18. The van der Waals surface area contributed by atoms with Crippen molar-refractivity contribution in [3.05, 3.63) is 0 Å². The lowest BCUT2D eigenvalue weighted by atomic mass is 10.0. The van der Waals surface area contributed by atoms with Crippen molar-refractivity contribution in [3.8, 4) is 0 Å². The van der Waals surface area contributed by atoms with Crippen LogP contribution in [0.4, 0.5) is 0 Å². The number of aliphatic hydroxyl groups is 1. The van der Waals surface area contributed by atoms with Crippen molar-refractivity contribution in [2.24, 2.45) is 0 Å². The molecule has 1 nitrogen and oxygen atoms in total. The molecule has 0 aromatic heterocycles. The fourth-order valence-corrected chi connectivity index (χ4v) is 2.39. The van der Waals surface area contributed by atoms with Crippen molar-refractivity contribution in [2.45, 2.75) is 57.8 Å². The largest absolute Gasteiger partial charge is 0.392 e. The Bertz CT molecular complexity index is 112. The Balaban J connectivity index is 3.70. The van der Waals surface area contributed by atoms with Crippen LogP contribution < -0.4 is 0 Å². The molecule has 0 spiro atoms. The maximum atomic E-state index is 9.66. The van der Waals surface area contributed by atoms with Gasteiger partial charge in [-0.1, -0.05) is 20.3 Å². The standard InChI is InChI=1S/C10H22OS/c1-5-7-8-12-10(3,4)9(11)6-2/h9,11H,5-8H2,1-4H3. The molecule has 2 heteroatoms. The summed E-state index contributed by atoms with van der Waals surface area (Å²) in [5, 5.41) is 9.66. The van der Waals surface area contributed by atoms with Gasteiger partial charge in [-0.3, -0.25) is 0 Å². The fraction of sp³-hybridized carbons (Fsp3) is 1.00. The van der Waals surface area contributed by atoms with E-state index in [2.05, 4.69) is 20.8 Å². The zero-order chi connectivity index (χ0) is 9.61. The Morgan fingerprint density at radius 1 is 1.33 bits per heavy atom. The van der Waals surface area contributed by atoms with E-state index in [0.29, 0.717) is 0 Å². The van der Waals surface area contributed by atoms with Crippen LogP contribution in [0.15, 0.2) is 0 Å². The summed E-state index contributed by atoms with van der Waals surface area (Å²) in [6, 6.07) is 0. The zero-order valence-electron chi connectivity index (χ0n) is 8.76. The monoisotopic (exact) mass is 190 g/mol. The van der Waals surface area contributed by atoms with Crippen LogP contribution in [0.1, 0.15) is 47.0 Å². The zero-order valence-corrected chi connectivity index (χ0v) is 9.58. The third kappa shape index (κ3) is 4.36. The van der Waals surface area contributed by atoms with Crippen LogP contribution in [0, 0.1) is 0 Å². The molecule has 1 atom stereocenters. The van der Waals surface area contributed by atoms with Crippen LogP contribution in [-0.2, 0) is 0 Å². The highest BCUT2D eigenvalue weighted by molar-refractivity contribution is 8.00. The molecule has 0 heterocycles. The third-order valence-corrected chi connectivity index (χ3v) is 3.67. The second-order valence-corrected chi connectivity index (χ2v) is 5.48. The minimum absolute atomic E-state index is 0.0317. The molecule has 1 unspecified atom stereocenters. The van der Waals surface area contributed by atoms with E-state index in [1.807, 2.05) is 18.7 Å². The van der Waals surface area contributed by atoms with E-state index >= 15 is 0 Å². The molecule has 0 saturated heterocycles. The molecule has 0 rings (SSSR count). The molecule has 12 heavy (non-hydrogen) atoms. The maximum Gasteiger partial charge on any atom is 0.0678 e. The molecule has 0 aromatic carbocycles. The lowest BCUT2D eigenvalue weighted by Crippen LogP contribution is -2.32. The van der Waals surface area contributed by atoms with Gasteiger partial charge in [0.05, 0.1) is 6.10 Å². The third-order valence-electron chi connectivity index (χ3n) is 2.16. The lowest BCUT2D eigenvalue weighted by Gasteiger charge is -2.29. The summed E-state index contributed by atoms with van der Waals surface area (Å²) < 4.78 is 0.0317. The first-order valence-corrected chi connectivity index (χ1v) is 5.85. The van der Waals surface area contributed by atoms with Crippen LogP contribution in [-0.4, -0.2) is 21.7 Å². The average Bonchev–Trinajstić information content (AvgIpc) is 2.03. The normalized spacial score (nSPS) is 14.8. The minimum atomic E-state index is -0.167. The van der Waals surface area contributed by atoms with E-state index in [1.165, 1.54) is 18.6 Å². The summed E-state index contributed by atoms with van der Waals surface area (Å²) in [5.41, 5.74) is 0. The molecular weight excluding hydrogens is 168 g/mol. The SMILES string of the molecule is CCCCSC(C)(C)C(O)CC. The highest BCUT2D eigenvalue weighted by Crippen LogP contribution is 2.30. The van der Waals surface area contributed by atoms with Gasteiger partial charge in [0.25, 0.3) is 0 Å².